The molecule has 1 fully saturated rings. The maximum Gasteiger partial charge on any atom is 0.222 e. The van der Waals surface area contributed by atoms with Crippen molar-refractivity contribution in [2.45, 2.75) is 51.0 Å². The van der Waals surface area contributed by atoms with E-state index in [0.29, 0.717) is 32.1 Å². The summed E-state index contributed by atoms with van der Waals surface area (Å²) in [4.78, 5) is 17.2. The van der Waals surface area contributed by atoms with Gasteiger partial charge in [0.25, 0.3) is 0 Å². The molecule has 0 aromatic carbocycles. The van der Waals surface area contributed by atoms with Crippen molar-refractivity contribution < 1.29 is 9.53 Å². The maximum absolute atomic E-state index is 12.5. The second-order valence-electron chi connectivity index (χ2n) is 7.02. The molecule has 3 rings (SSSR count). The molecule has 25 heavy (non-hydrogen) atoms. The third-order valence-corrected chi connectivity index (χ3v) is 5.81. The fourth-order valence-corrected chi connectivity index (χ4v) is 4.26. The van der Waals surface area contributed by atoms with Crippen molar-refractivity contribution in [2.24, 2.45) is 0 Å². The summed E-state index contributed by atoms with van der Waals surface area (Å²) in [5.74, 6) is 0.561. The van der Waals surface area contributed by atoms with Gasteiger partial charge in [0.15, 0.2) is 0 Å². The largest absolute Gasteiger partial charge is 0.381 e. The number of carbonyl (C=O) groups excluding carboxylic acids is 1. The van der Waals surface area contributed by atoms with Crippen LogP contribution in [0.15, 0.2) is 29.9 Å². The van der Waals surface area contributed by atoms with Gasteiger partial charge in [-0.25, -0.2) is 4.98 Å². The summed E-state index contributed by atoms with van der Waals surface area (Å²) in [6.45, 7) is 6.36. The monoisotopic (exact) mass is 361 g/mol. The molecule has 0 unspecified atom stereocenters. The lowest BCUT2D eigenvalue weighted by Crippen LogP contribution is -2.43. The molecule has 136 valence electrons. The molecule has 5 nitrogen and oxygen atoms in total. The lowest BCUT2D eigenvalue weighted by molar-refractivity contribution is -0.124. The standard InChI is InChI=1S/C19H27N3O2S/c1-15(2)16-14-25-18(21-16)5-8-20-17(23)13-19(6-11-24-12-7-19)22-9-3-4-10-22/h3-4,9-10,14-15H,5-8,11-13H2,1-2H3,(H,20,23). The van der Waals surface area contributed by atoms with Crippen molar-refractivity contribution in [3.8, 4) is 0 Å². The summed E-state index contributed by atoms with van der Waals surface area (Å²) in [6.07, 6.45) is 7.16. The zero-order chi connectivity index (χ0) is 17.7. The molecule has 1 amide bonds. The van der Waals surface area contributed by atoms with Crippen molar-refractivity contribution in [3.63, 3.8) is 0 Å². The molecule has 2 aromatic heterocycles. The first-order chi connectivity index (χ1) is 12.1. The number of ether oxygens (including phenoxy) is 1. The molecule has 0 bridgehead atoms. The normalized spacial score (nSPS) is 16.9. The smallest absolute Gasteiger partial charge is 0.222 e. The highest BCUT2D eigenvalue weighted by molar-refractivity contribution is 7.09. The zero-order valence-corrected chi connectivity index (χ0v) is 15.8. The number of hydrogen-bond donors (Lipinski definition) is 1. The van der Waals surface area contributed by atoms with Gasteiger partial charge in [0, 0.05) is 44.0 Å². The number of aromatic nitrogens is 2. The minimum Gasteiger partial charge on any atom is -0.381 e. The van der Waals surface area contributed by atoms with E-state index < -0.39 is 0 Å². The van der Waals surface area contributed by atoms with Gasteiger partial charge in [0.1, 0.15) is 0 Å². The van der Waals surface area contributed by atoms with Crippen LogP contribution in [-0.4, -0.2) is 35.2 Å². The second-order valence-corrected chi connectivity index (χ2v) is 7.97. The summed E-state index contributed by atoms with van der Waals surface area (Å²) >= 11 is 1.68. The Labute approximate surface area is 153 Å². The van der Waals surface area contributed by atoms with Crippen LogP contribution in [0.3, 0.4) is 0 Å². The quantitative estimate of drug-likeness (QED) is 0.823. The van der Waals surface area contributed by atoms with Gasteiger partial charge in [0.05, 0.1) is 22.7 Å². The average Bonchev–Trinajstić information content (AvgIpc) is 3.28. The first-order valence-corrected chi connectivity index (χ1v) is 9.89. The van der Waals surface area contributed by atoms with Gasteiger partial charge in [-0.15, -0.1) is 11.3 Å². The molecule has 0 saturated carbocycles. The van der Waals surface area contributed by atoms with E-state index in [2.05, 4.69) is 46.5 Å². The lowest BCUT2D eigenvalue weighted by atomic mass is 9.86. The average molecular weight is 362 g/mol. The Bertz CT molecular complexity index is 673. The van der Waals surface area contributed by atoms with Crippen molar-refractivity contribution in [2.75, 3.05) is 19.8 Å². The zero-order valence-electron chi connectivity index (χ0n) is 15.0. The first-order valence-electron chi connectivity index (χ1n) is 9.01. The molecule has 0 radical (unpaired) electrons. The van der Waals surface area contributed by atoms with Gasteiger partial charge in [-0.05, 0) is 30.9 Å². The Hall–Kier alpha value is -1.66. The highest BCUT2D eigenvalue weighted by Crippen LogP contribution is 2.32. The van der Waals surface area contributed by atoms with Crippen LogP contribution < -0.4 is 5.32 Å². The summed E-state index contributed by atoms with van der Waals surface area (Å²) in [6, 6.07) is 4.04. The number of rotatable bonds is 7. The topological polar surface area (TPSA) is 56.2 Å². The van der Waals surface area contributed by atoms with Gasteiger partial charge >= 0.3 is 0 Å². The van der Waals surface area contributed by atoms with Crippen LogP contribution in [0.1, 0.15) is 49.7 Å². The molecule has 1 aliphatic rings. The predicted molar refractivity (Wildman–Crippen MR) is 100.0 cm³/mol. The lowest BCUT2D eigenvalue weighted by Gasteiger charge is -2.38. The van der Waals surface area contributed by atoms with E-state index in [1.165, 1.54) is 0 Å². The van der Waals surface area contributed by atoms with Crippen molar-refractivity contribution >= 4 is 17.2 Å². The fraction of sp³-hybridized carbons (Fsp3) is 0.579. The van der Waals surface area contributed by atoms with Crippen LogP contribution in [-0.2, 0) is 21.5 Å². The van der Waals surface area contributed by atoms with E-state index in [-0.39, 0.29) is 11.4 Å². The second kappa shape index (κ2) is 8.15. The number of amides is 1. The van der Waals surface area contributed by atoms with E-state index in [1.54, 1.807) is 11.3 Å². The van der Waals surface area contributed by atoms with Crippen LogP contribution in [0, 0.1) is 0 Å². The Morgan fingerprint density at radius 2 is 2.08 bits per heavy atom. The van der Waals surface area contributed by atoms with Gasteiger partial charge in [-0.1, -0.05) is 13.8 Å². The molecule has 3 heterocycles. The van der Waals surface area contributed by atoms with E-state index >= 15 is 0 Å². The molecule has 1 saturated heterocycles. The molecule has 0 aliphatic carbocycles. The van der Waals surface area contributed by atoms with E-state index in [1.807, 2.05) is 12.1 Å². The third kappa shape index (κ3) is 4.50. The number of nitrogens with zero attached hydrogens (tertiary/aromatic N) is 2. The Balaban J connectivity index is 1.53. The van der Waals surface area contributed by atoms with Crippen LogP contribution >= 0.6 is 11.3 Å². The fourth-order valence-electron chi connectivity index (χ4n) is 3.30. The Morgan fingerprint density at radius 3 is 2.72 bits per heavy atom. The molecule has 1 N–H and O–H groups in total. The molecule has 6 heteroatoms. The first kappa shape index (κ1) is 18.1. The Kier molecular flexibility index (Phi) is 5.91. The summed E-state index contributed by atoms with van der Waals surface area (Å²) in [5, 5.41) is 6.29. The molecular weight excluding hydrogens is 334 g/mol. The summed E-state index contributed by atoms with van der Waals surface area (Å²) in [7, 11) is 0. The highest BCUT2D eigenvalue weighted by Gasteiger charge is 2.35. The summed E-state index contributed by atoms with van der Waals surface area (Å²) < 4.78 is 7.70. The van der Waals surface area contributed by atoms with Gasteiger partial charge < -0.3 is 14.6 Å². The molecular formula is C19H27N3O2S. The van der Waals surface area contributed by atoms with Gasteiger partial charge in [-0.3, -0.25) is 4.79 Å². The third-order valence-electron chi connectivity index (χ3n) is 4.89. The Morgan fingerprint density at radius 1 is 1.36 bits per heavy atom. The minimum atomic E-state index is -0.155. The van der Waals surface area contributed by atoms with Crippen molar-refractivity contribution in [3.05, 3.63) is 40.6 Å². The van der Waals surface area contributed by atoms with Gasteiger partial charge in [0.2, 0.25) is 5.91 Å². The molecule has 1 aliphatic heterocycles. The van der Waals surface area contributed by atoms with E-state index in [0.717, 1.165) is 30.0 Å². The van der Waals surface area contributed by atoms with Crippen molar-refractivity contribution in [1.29, 1.82) is 0 Å². The highest BCUT2D eigenvalue weighted by atomic mass is 32.1. The molecule has 2 aromatic rings. The number of hydrogen-bond acceptors (Lipinski definition) is 4. The van der Waals surface area contributed by atoms with Gasteiger partial charge in [-0.2, -0.15) is 0 Å². The number of carbonyl (C=O) groups is 1. The van der Waals surface area contributed by atoms with Crippen molar-refractivity contribution in [1.82, 2.24) is 14.9 Å². The van der Waals surface area contributed by atoms with Crippen LogP contribution in [0.4, 0.5) is 0 Å². The van der Waals surface area contributed by atoms with Crippen LogP contribution in [0.5, 0.6) is 0 Å². The SMILES string of the molecule is CC(C)c1csc(CCNC(=O)CC2(n3cccc3)CCOCC2)n1. The van der Waals surface area contributed by atoms with E-state index in [4.69, 9.17) is 4.74 Å². The number of nitrogens with one attached hydrogen (secondary N) is 1. The molecule has 0 spiro atoms. The minimum absolute atomic E-state index is 0.108. The number of thiazole rings is 1. The maximum atomic E-state index is 12.5. The predicted octanol–water partition coefficient (Wildman–Crippen LogP) is 3.32. The van der Waals surface area contributed by atoms with Crippen LogP contribution in [0.2, 0.25) is 0 Å². The summed E-state index contributed by atoms with van der Waals surface area (Å²) in [5.41, 5.74) is 0.984. The van der Waals surface area contributed by atoms with E-state index in [9.17, 15) is 4.79 Å². The molecule has 0 atom stereocenters. The van der Waals surface area contributed by atoms with Crippen LogP contribution in [0.25, 0.3) is 0 Å².